The van der Waals surface area contributed by atoms with Gasteiger partial charge in [-0.1, -0.05) is 156 Å². The van der Waals surface area contributed by atoms with Crippen molar-refractivity contribution >= 4 is 0 Å². The van der Waals surface area contributed by atoms with Crippen LogP contribution in [-0.4, -0.2) is 4.98 Å². The summed E-state index contributed by atoms with van der Waals surface area (Å²) in [4.78, 5) is 3.60. The van der Waals surface area contributed by atoms with Gasteiger partial charge in [0.25, 0.3) is 5.82 Å². The van der Waals surface area contributed by atoms with Gasteiger partial charge in [-0.25, -0.2) is 9.55 Å². The van der Waals surface area contributed by atoms with Crippen LogP contribution in [-0.2, 0) is 6.54 Å². The standard InChI is InChI=1S/C32H62N2/c1-4-7-9-11-12-13-14-15-16-17-18-19-20-21-22-23-25-27-31(26-24-10-8-5-2)32-33-28-30-34(32)29-6-3/h28,30-31H,4-27,29H2,1-3H3/p+1/t31-/m0/s1. The van der Waals surface area contributed by atoms with Crippen molar-refractivity contribution in [1.82, 2.24) is 4.98 Å². The number of nitrogens with one attached hydrogen (secondary N) is 1. The molecule has 1 aromatic heterocycles. The maximum absolute atomic E-state index is 3.60. The lowest BCUT2D eigenvalue weighted by atomic mass is 9.93. The molecule has 0 saturated heterocycles. The molecule has 0 radical (unpaired) electrons. The van der Waals surface area contributed by atoms with E-state index in [2.05, 4.69) is 42.7 Å². The first-order chi connectivity index (χ1) is 16.8. The van der Waals surface area contributed by atoms with E-state index in [4.69, 9.17) is 0 Å². The molecule has 34 heavy (non-hydrogen) atoms. The van der Waals surface area contributed by atoms with E-state index >= 15 is 0 Å². The van der Waals surface area contributed by atoms with Crippen LogP contribution in [0.15, 0.2) is 12.4 Å². The molecule has 0 spiro atoms. The molecule has 2 heteroatoms. The summed E-state index contributed by atoms with van der Waals surface area (Å²) in [6, 6.07) is 0. The van der Waals surface area contributed by atoms with Crippen LogP contribution in [0.1, 0.15) is 187 Å². The van der Waals surface area contributed by atoms with Gasteiger partial charge in [0.05, 0.1) is 12.5 Å². The molecule has 0 aliphatic rings. The molecule has 0 aliphatic carbocycles. The first kappa shape index (κ1) is 31.2. The SMILES string of the molecule is CCCCCCCCCCCCCCCCCCC[C@H](CCCCCC)c1[nH]cc[n+]1CCC. The Bertz CT molecular complexity index is 521. The van der Waals surface area contributed by atoms with Gasteiger partial charge in [-0.2, -0.15) is 0 Å². The van der Waals surface area contributed by atoms with E-state index < -0.39 is 0 Å². The fourth-order valence-electron chi connectivity index (χ4n) is 5.51. The summed E-state index contributed by atoms with van der Waals surface area (Å²) in [6.07, 6.45) is 38.6. The van der Waals surface area contributed by atoms with Gasteiger partial charge >= 0.3 is 0 Å². The number of rotatable bonds is 26. The lowest BCUT2D eigenvalue weighted by Gasteiger charge is -2.14. The molecule has 200 valence electrons. The van der Waals surface area contributed by atoms with E-state index in [0.717, 1.165) is 12.5 Å². The number of aromatic amines is 1. The lowest BCUT2D eigenvalue weighted by Crippen LogP contribution is -2.37. The third-order valence-electron chi connectivity index (χ3n) is 7.71. The second kappa shape index (κ2) is 23.9. The molecule has 1 heterocycles. The number of aromatic nitrogens is 2. The molecule has 1 N–H and O–H groups in total. The molecule has 1 atom stereocenters. The highest BCUT2D eigenvalue weighted by Gasteiger charge is 2.22. The molecular weight excluding hydrogens is 412 g/mol. The Balaban J connectivity index is 2.03. The highest BCUT2D eigenvalue weighted by Crippen LogP contribution is 2.26. The summed E-state index contributed by atoms with van der Waals surface area (Å²) in [7, 11) is 0. The van der Waals surface area contributed by atoms with Crippen molar-refractivity contribution in [3.63, 3.8) is 0 Å². The third-order valence-corrected chi connectivity index (χ3v) is 7.71. The zero-order valence-corrected chi connectivity index (χ0v) is 23.9. The summed E-state index contributed by atoms with van der Waals surface area (Å²) in [5.74, 6) is 2.23. The van der Waals surface area contributed by atoms with Crippen LogP contribution in [0.2, 0.25) is 0 Å². The molecule has 0 saturated carbocycles. The van der Waals surface area contributed by atoms with Crippen molar-refractivity contribution in [2.45, 2.75) is 187 Å². The van der Waals surface area contributed by atoms with Crippen molar-refractivity contribution in [2.75, 3.05) is 0 Å². The van der Waals surface area contributed by atoms with Gasteiger partial charge in [0.15, 0.2) is 0 Å². The molecule has 1 rings (SSSR count). The fraction of sp³-hybridized carbons (Fsp3) is 0.906. The Labute approximate surface area is 215 Å². The monoisotopic (exact) mass is 475 g/mol. The fourth-order valence-corrected chi connectivity index (χ4v) is 5.51. The number of hydrogen-bond donors (Lipinski definition) is 1. The van der Waals surface area contributed by atoms with Crippen LogP contribution in [0.3, 0.4) is 0 Å². The molecule has 0 amide bonds. The second-order valence-corrected chi connectivity index (χ2v) is 11.0. The minimum Gasteiger partial charge on any atom is -0.247 e. The van der Waals surface area contributed by atoms with Crippen molar-refractivity contribution in [2.24, 2.45) is 0 Å². The molecule has 0 fully saturated rings. The first-order valence-electron chi connectivity index (χ1n) is 15.9. The Kier molecular flexibility index (Phi) is 22.0. The van der Waals surface area contributed by atoms with Gasteiger partial charge in [0.1, 0.15) is 12.4 Å². The number of nitrogens with zero attached hydrogens (tertiary/aromatic N) is 1. The summed E-state index contributed by atoms with van der Waals surface area (Å²) >= 11 is 0. The first-order valence-corrected chi connectivity index (χ1v) is 15.9. The predicted molar refractivity (Wildman–Crippen MR) is 152 cm³/mol. The Morgan fingerprint density at radius 3 is 1.32 bits per heavy atom. The van der Waals surface area contributed by atoms with E-state index in [1.54, 1.807) is 0 Å². The normalized spacial score (nSPS) is 12.4. The smallest absolute Gasteiger partial charge is 0.247 e. The number of unbranched alkanes of at least 4 members (excludes halogenated alkanes) is 19. The summed E-state index contributed by atoms with van der Waals surface area (Å²) < 4.78 is 2.48. The van der Waals surface area contributed by atoms with Crippen molar-refractivity contribution in [3.8, 4) is 0 Å². The zero-order valence-electron chi connectivity index (χ0n) is 23.9. The Morgan fingerprint density at radius 1 is 0.529 bits per heavy atom. The highest BCUT2D eigenvalue weighted by atomic mass is 15.1. The van der Waals surface area contributed by atoms with Crippen LogP contribution in [0.25, 0.3) is 0 Å². The summed E-state index contributed by atoms with van der Waals surface area (Å²) in [6.45, 7) is 8.06. The maximum atomic E-state index is 3.60. The third kappa shape index (κ3) is 16.8. The number of hydrogen-bond acceptors (Lipinski definition) is 0. The van der Waals surface area contributed by atoms with E-state index in [1.807, 2.05) is 0 Å². The van der Waals surface area contributed by atoms with Gasteiger partial charge < -0.3 is 0 Å². The molecule has 0 aromatic carbocycles. The van der Waals surface area contributed by atoms with Crippen molar-refractivity contribution in [1.29, 1.82) is 0 Å². The molecule has 0 bridgehead atoms. The average Bonchev–Trinajstić information content (AvgIpc) is 3.30. The lowest BCUT2D eigenvalue weighted by molar-refractivity contribution is -0.704. The average molecular weight is 476 g/mol. The van der Waals surface area contributed by atoms with Crippen LogP contribution in [0.4, 0.5) is 0 Å². The zero-order chi connectivity index (χ0) is 24.5. The van der Waals surface area contributed by atoms with Crippen LogP contribution >= 0.6 is 0 Å². The maximum Gasteiger partial charge on any atom is 0.257 e. The van der Waals surface area contributed by atoms with E-state index in [9.17, 15) is 0 Å². The van der Waals surface area contributed by atoms with Crippen molar-refractivity contribution < 1.29 is 4.57 Å². The van der Waals surface area contributed by atoms with E-state index in [1.165, 1.54) is 160 Å². The largest absolute Gasteiger partial charge is 0.257 e. The highest BCUT2D eigenvalue weighted by molar-refractivity contribution is 4.90. The second-order valence-electron chi connectivity index (χ2n) is 11.0. The number of imidazole rings is 1. The number of H-pyrrole nitrogens is 1. The topological polar surface area (TPSA) is 19.7 Å². The van der Waals surface area contributed by atoms with Gasteiger partial charge in [0, 0.05) is 0 Å². The van der Waals surface area contributed by atoms with Crippen LogP contribution in [0, 0.1) is 0 Å². The molecule has 0 aliphatic heterocycles. The molecule has 1 aromatic rings. The summed E-state index contributed by atoms with van der Waals surface area (Å²) in [5, 5.41) is 0. The van der Waals surface area contributed by atoms with E-state index in [-0.39, 0.29) is 0 Å². The molecule has 0 unspecified atom stereocenters. The Hall–Kier alpha value is -0.790. The minimum absolute atomic E-state index is 0.731. The van der Waals surface area contributed by atoms with Gasteiger partial charge in [-0.05, 0) is 19.3 Å². The minimum atomic E-state index is 0.731. The van der Waals surface area contributed by atoms with Gasteiger partial charge in [-0.15, -0.1) is 0 Å². The predicted octanol–water partition coefficient (Wildman–Crippen LogP) is 10.8. The van der Waals surface area contributed by atoms with E-state index in [0.29, 0.717) is 0 Å². The quantitative estimate of drug-likeness (QED) is 0.101. The van der Waals surface area contributed by atoms with Crippen molar-refractivity contribution in [3.05, 3.63) is 18.2 Å². The molecule has 2 nitrogen and oxygen atoms in total. The van der Waals surface area contributed by atoms with Gasteiger partial charge in [0.2, 0.25) is 0 Å². The Morgan fingerprint density at radius 2 is 0.912 bits per heavy atom. The molecular formula is C32H63N2+. The van der Waals surface area contributed by atoms with Crippen LogP contribution < -0.4 is 4.57 Å². The number of aryl methyl sites for hydroxylation is 1. The van der Waals surface area contributed by atoms with Crippen LogP contribution in [0.5, 0.6) is 0 Å². The van der Waals surface area contributed by atoms with Gasteiger partial charge in [-0.3, -0.25) is 0 Å². The summed E-state index contributed by atoms with van der Waals surface area (Å²) in [5.41, 5.74) is 0.